The van der Waals surface area contributed by atoms with Crippen LogP contribution in [0.15, 0.2) is 54.3 Å². The molecule has 2 N–H and O–H groups in total. The Bertz CT molecular complexity index is 1020. The van der Waals surface area contributed by atoms with E-state index in [2.05, 4.69) is 35.6 Å². The molecular formula is C16H14N8O. The number of nitrogens with zero attached hydrogens (tertiary/aromatic N) is 6. The van der Waals surface area contributed by atoms with E-state index in [-0.39, 0.29) is 0 Å². The summed E-state index contributed by atoms with van der Waals surface area (Å²) >= 11 is 0. The lowest BCUT2D eigenvalue weighted by Crippen LogP contribution is -2.00. The molecule has 4 aromatic rings. The van der Waals surface area contributed by atoms with Crippen molar-refractivity contribution in [1.29, 1.82) is 0 Å². The molecule has 0 radical (unpaired) electrons. The monoisotopic (exact) mass is 334 g/mol. The molecule has 3 aromatic heterocycles. The Kier molecular flexibility index (Phi) is 3.79. The summed E-state index contributed by atoms with van der Waals surface area (Å²) < 4.78 is 6.99. The molecule has 25 heavy (non-hydrogen) atoms. The zero-order valence-corrected chi connectivity index (χ0v) is 13.3. The van der Waals surface area contributed by atoms with Crippen LogP contribution in [0.5, 0.6) is 5.75 Å². The Labute approximate surface area is 142 Å². The largest absolute Gasteiger partial charge is 0.497 e. The van der Waals surface area contributed by atoms with Crippen LogP contribution in [0.3, 0.4) is 0 Å². The van der Waals surface area contributed by atoms with Gasteiger partial charge in [-0.2, -0.15) is 10.2 Å². The molecule has 9 nitrogen and oxygen atoms in total. The predicted molar refractivity (Wildman–Crippen MR) is 93.0 cm³/mol. The summed E-state index contributed by atoms with van der Waals surface area (Å²) in [5.74, 6) is 1.95. The maximum Gasteiger partial charge on any atom is 0.168 e. The molecule has 0 aliphatic carbocycles. The Hall–Kier alpha value is -3.75. The molecule has 1 aromatic carbocycles. The van der Waals surface area contributed by atoms with Gasteiger partial charge in [0.15, 0.2) is 11.5 Å². The summed E-state index contributed by atoms with van der Waals surface area (Å²) in [7, 11) is 1.63. The molecule has 9 heteroatoms. The van der Waals surface area contributed by atoms with E-state index < -0.39 is 0 Å². The molecular weight excluding hydrogens is 320 g/mol. The van der Waals surface area contributed by atoms with Crippen LogP contribution >= 0.6 is 0 Å². The molecule has 0 amide bonds. The van der Waals surface area contributed by atoms with E-state index in [0.29, 0.717) is 17.3 Å². The Morgan fingerprint density at radius 1 is 1.28 bits per heavy atom. The molecule has 0 saturated carbocycles. The molecule has 0 bridgehead atoms. The lowest BCUT2D eigenvalue weighted by Gasteiger charge is -2.05. The first-order valence-electron chi connectivity index (χ1n) is 7.47. The SMILES string of the molecule is COc1cccc(-n2ncc3c(NN=Cc4ncc[nH]4)ncnc32)c1. The number of nitrogens with one attached hydrogen (secondary N) is 2. The van der Waals surface area contributed by atoms with Gasteiger partial charge in [-0.25, -0.2) is 19.6 Å². The molecule has 0 spiro atoms. The van der Waals surface area contributed by atoms with Gasteiger partial charge in [0.2, 0.25) is 0 Å². The fourth-order valence-corrected chi connectivity index (χ4v) is 2.37. The highest BCUT2D eigenvalue weighted by atomic mass is 16.5. The number of imidazole rings is 1. The van der Waals surface area contributed by atoms with Crippen molar-refractivity contribution in [3.05, 3.63) is 55.0 Å². The zero-order valence-electron chi connectivity index (χ0n) is 13.3. The minimum atomic E-state index is 0.557. The van der Waals surface area contributed by atoms with Gasteiger partial charge in [0.1, 0.15) is 17.9 Å². The highest BCUT2D eigenvalue weighted by molar-refractivity contribution is 5.87. The van der Waals surface area contributed by atoms with Crippen molar-refractivity contribution in [2.75, 3.05) is 12.5 Å². The van der Waals surface area contributed by atoms with Crippen molar-refractivity contribution in [2.45, 2.75) is 0 Å². The minimum Gasteiger partial charge on any atom is -0.497 e. The van der Waals surface area contributed by atoms with Gasteiger partial charge >= 0.3 is 0 Å². The van der Waals surface area contributed by atoms with E-state index in [1.54, 1.807) is 36.6 Å². The highest BCUT2D eigenvalue weighted by Gasteiger charge is 2.11. The van der Waals surface area contributed by atoms with Gasteiger partial charge in [-0.15, -0.1) is 0 Å². The number of hydrogen-bond donors (Lipinski definition) is 2. The summed E-state index contributed by atoms with van der Waals surface area (Å²) in [6.07, 6.45) is 8.11. The third-order valence-corrected chi connectivity index (χ3v) is 3.54. The van der Waals surface area contributed by atoms with E-state index in [9.17, 15) is 0 Å². The van der Waals surface area contributed by atoms with E-state index in [1.807, 2.05) is 24.3 Å². The summed E-state index contributed by atoms with van der Waals surface area (Å²) in [5.41, 5.74) is 4.40. The third-order valence-electron chi connectivity index (χ3n) is 3.54. The second-order valence-electron chi connectivity index (χ2n) is 5.06. The van der Waals surface area contributed by atoms with Crippen LogP contribution in [0.1, 0.15) is 5.82 Å². The van der Waals surface area contributed by atoms with Gasteiger partial charge in [0, 0.05) is 18.5 Å². The number of anilines is 1. The van der Waals surface area contributed by atoms with Crippen molar-refractivity contribution in [1.82, 2.24) is 29.7 Å². The first-order chi connectivity index (χ1) is 12.3. The second kappa shape index (κ2) is 6.40. The average molecular weight is 334 g/mol. The number of H-pyrrole nitrogens is 1. The van der Waals surface area contributed by atoms with Crippen LogP contribution in [-0.2, 0) is 0 Å². The zero-order chi connectivity index (χ0) is 17.1. The third kappa shape index (κ3) is 2.90. The minimum absolute atomic E-state index is 0.557. The Morgan fingerprint density at radius 2 is 2.24 bits per heavy atom. The maximum absolute atomic E-state index is 5.26. The van der Waals surface area contributed by atoms with Gasteiger partial charge < -0.3 is 9.72 Å². The van der Waals surface area contributed by atoms with E-state index in [0.717, 1.165) is 16.8 Å². The van der Waals surface area contributed by atoms with Crippen molar-refractivity contribution < 1.29 is 4.74 Å². The summed E-state index contributed by atoms with van der Waals surface area (Å²) in [6, 6.07) is 7.59. The number of aromatic amines is 1. The fourth-order valence-electron chi connectivity index (χ4n) is 2.37. The summed E-state index contributed by atoms with van der Waals surface area (Å²) in [4.78, 5) is 15.6. The molecule has 124 valence electrons. The molecule has 0 aliphatic heterocycles. The van der Waals surface area contributed by atoms with Gasteiger partial charge in [0.25, 0.3) is 0 Å². The van der Waals surface area contributed by atoms with Gasteiger partial charge in [-0.05, 0) is 12.1 Å². The molecule has 0 atom stereocenters. The van der Waals surface area contributed by atoms with Crippen molar-refractivity contribution in [3.8, 4) is 11.4 Å². The Balaban J connectivity index is 1.68. The number of hydrazone groups is 1. The first kappa shape index (κ1) is 14.8. The number of benzene rings is 1. The van der Waals surface area contributed by atoms with Crippen molar-refractivity contribution in [3.63, 3.8) is 0 Å². The van der Waals surface area contributed by atoms with Crippen LogP contribution in [0, 0.1) is 0 Å². The molecule has 3 heterocycles. The lowest BCUT2D eigenvalue weighted by atomic mass is 10.3. The molecule has 0 saturated heterocycles. The molecule has 0 unspecified atom stereocenters. The van der Waals surface area contributed by atoms with Crippen LogP contribution in [-0.4, -0.2) is 43.0 Å². The van der Waals surface area contributed by atoms with Crippen LogP contribution < -0.4 is 10.2 Å². The molecule has 0 fully saturated rings. The second-order valence-corrected chi connectivity index (χ2v) is 5.06. The van der Waals surface area contributed by atoms with Gasteiger partial charge in [0.05, 0.1) is 30.6 Å². The number of hydrogen-bond acceptors (Lipinski definition) is 7. The quantitative estimate of drug-likeness (QED) is 0.427. The smallest absolute Gasteiger partial charge is 0.168 e. The van der Waals surface area contributed by atoms with E-state index in [1.165, 1.54) is 6.33 Å². The van der Waals surface area contributed by atoms with Crippen molar-refractivity contribution >= 4 is 23.1 Å². The predicted octanol–water partition coefficient (Wildman–Crippen LogP) is 1.99. The summed E-state index contributed by atoms with van der Waals surface area (Å²) in [6.45, 7) is 0. The normalized spacial score (nSPS) is 11.2. The number of fused-ring (bicyclic) bond motifs is 1. The topological polar surface area (TPSA) is 106 Å². The lowest BCUT2D eigenvalue weighted by molar-refractivity contribution is 0.414. The first-order valence-corrected chi connectivity index (χ1v) is 7.47. The number of ether oxygens (including phenoxy) is 1. The maximum atomic E-state index is 5.26. The van der Waals surface area contributed by atoms with Gasteiger partial charge in [-0.1, -0.05) is 6.07 Å². The summed E-state index contributed by atoms with van der Waals surface area (Å²) in [5, 5.41) is 9.29. The standard InChI is InChI=1S/C16H14N8O/c1-25-12-4-2-3-11(7-12)24-16-13(8-22-24)15(19-10-20-16)23-21-9-14-17-5-6-18-14/h2-10H,1H3,(H,17,18)(H,19,20,23). The Morgan fingerprint density at radius 3 is 3.08 bits per heavy atom. The molecule has 4 rings (SSSR count). The van der Waals surface area contributed by atoms with Gasteiger partial charge in [-0.3, -0.25) is 5.43 Å². The number of rotatable bonds is 5. The average Bonchev–Trinajstić information content (AvgIpc) is 3.32. The van der Waals surface area contributed by atoms with Crippen LogP contribution in [0.4, 0.5) is 5.82 Å². The number of aromatic nitrogens is 6. The van der Waals surface area contributed by atoms with E-state index in [4.69, 9.17) is 4.74 Å². The number of methoxy groups -OCH3 is 1. The van der Waals surface area contributed by atoms with Crippen LogP contribution in [0.2, 0.25) is 0 Å². The molecule has 0 aliphatic rings. The van der Waals surface area contributed by atoms with Crippen molar-refractivity contribution in [2.24, 2.45) is 5.10 Å². The van der Waals surface area contributed by atoms with Crippen LogP contribution in [0.25, 0.3) is 16.7 Å². The highest BCUT2D eigenvalue weighted by Crippen LogP contribution is 2.23. The van der Waals surface area contributed by atoms with E-state index >= 15 is 0 Å². The fraction of sp³-hybridized carbons (Fsp3) is 0.0625.